The number of Topliss-reactive ketones (excluding diaryl/α,β-unsaturated/α-hetero) is 1. The van der Waals surface area contributed by atoms with Gasteiger partial charge < -0.3 is 0 Å². The average molecular weight is 242 g/mol. The highest BCUT2D eigenvalue weighted by Crippen LogP contribution is 2.41. The molecule has 1 fully saturated rings. The van der Waals surface area contributed by atoms with Gasteiger partial charge >= 0.3 is 6.18 Å². The first-order valence-electron chi connectivity index (χ1n) is 5.63. The van der Waals surface area contributed by atoms with E-state index >= 15 is 0 Å². The molecule has 0 heterocycles. The first-order valence-corrected chi connectivity index (χ1v) is 5.63. The highest BCUT2D eigenvalue weighted by atomic mass is 19.4. The van der Waals surface area contributed by atoms with E-state index in [1.54, 1.807) is 30.3 Å². The molecule has 0 amide bonds. The van der Waals surface area contributed by atoms with Gasteiger partial charge in [-0.1, -0.05) is 30.3 Å². The molecule has 1 nitrogen and oxygen atoms in total. The van der Waals surface area contributed by atoms with Crippen LogP contribution in [0.5, 0.6) is 0 Å². The van der Waals surface area contributed by atoms with Gasteiger partial charge in [0, 0.05) is 12.3 Å². The lowest BCUT2D eigenvalue weighted by Gasteiger charge is -2.29. The van der Waals surface area contributed by atoms with Gasteiger partial charge in [0.25, 0.3) is 0 Å². The zero-order valence-corrected chi connectivity index (χ0v) is 9.20. The Bertz CT molecular complexity index is 397. The highest BCUT2D eigenvalue weighted by Gasteiger charge is 2.44. The SMILES string of the molecule is O=C1CCC(C(F)(F)F)CC1c1ccccc1. The number of benzene rings is 1. The Hall–Kier alpha value is -1.32. The molecule has 0 bridgehead atoms. The summed E-state index contributed by atoms with van der Waals surface area (Å²) in [6.45, 7) is 0. The molecule has 0 saturated heterocycles. The molecule has 1 aromatic rings. The maximum Gasteiger partial charge on any atom is 0.391 e. The molecule has 17 heavy (non-hydrogen) atoms. The molecule has 0 radical (unpaired) electrons. The smallest absolute Gasteiger partial charge is 0.299 e. The van der Waals surface area contributed by atoms with Crippen molar-refractivity contribution in [1.29, 1.82) is 0 Å². The summed E-state index contributed by atoms with van der Waals surface area (Å²) < 4.78 is 37.9. The van der Waals surface area contributed by atoms with Crippen LogP contribution in [0, 0.1) is 5.92 Å². The molecular formula is C13H13F3O. The van der Waals surface area contributed by atoms with Crippen LogP contribution in [0.3, 0.4) is 0 Å². The van der Waals surface area contributed by atoms with Gasteiger partial charge in [0.15, 0.2) is 0 Å². The number of halogens is 3. The van der Waals surface area contributed by atoms with E-state index in [-0.39, 0.29) is 25.0 Å². The van der Waals surface area contributed by atoms with Gasteiger partial charge in [0.1, 0.15) is 5.78 Å². The summed E-state index contributed by atoms with van der Waals surface area (Å²) in [6, 6.07) is 8.74. The second-order valence-electron chi connectivity index (χ2n) is 4.44. The van der Waals surface area contributed by atoms with Gasteiger partial charge in [-0.25, -0.2) is 0 Å². The van der Waals surface area contributed by atoms with Crippen molar-refractivity contribution >= 4 is 5.78 Å². The topological polar surface area (TPSA) is 17.1 Å². The molecule has 1 aromatic carbocycles. The van der Waals surface area contributed by atoms with Crippen molar-refractivity contribution in [2.75, 3.05) is 0 Å². The standard InChI is InChI=1S/C13H13F3O/c14-13(15,16)10-6-7-12(17)11(8-10)9-4-2-1-3-5-9/h1-5,10-11H,6-8H2. The maximum absolute atomic E-state index is 12.6. The Labute approximate surface area is 97.6 Å². The number of ketones is 1. The van der Waals surface area contributed by atoms with Gasteiger partial charge in [-0.15, -0.1) is 0 Å². The van der Waals surface area contributed by atoms with Crippen LogP contribution in [0.1, 0.15) is 30.7 Å². The van der Waals surface area contributed by atoms with Gasteiger partial charge in [0.05, 0.1) is 5.92 Å². The van der Waals surface area contributed by atoms with Crippen LogP contribution in [0.15, 0.2) is 30.3 Å². The number of carbonyl (C=O) groups excluding carboxylic acids is 1. The number of rotatable bonds is 1. The zero-order chi connectivity index (χ0) is 12.5. The molecule has 0 N–H and O–H groups in total. The fourth-order valence-electron chi connectivity index (χ4n) is 2.33. The summed E-state index contributed by atoms with van der Waals surface area (Å²) in [5.41, 5.74) is 0.700. The molecule has 0 aliphatic heterocycles. The molecule has 4 heteroatoms. The van der Waals surface area contributed by atoms with Crippen LogP contribution in [0.2, 0.25) is 0 Å². The first kappa shape index (κ1) is 12.1. The van der Waals surface area contributed by atoms with Crippen molar-refractivity contribution in [3.63, 3.8) is 0 Å². The molecule has 0 spiro atoms. The van der Waals surface area contributed by atoms with Crippen molar-refractivity contribution in [3.8, 4) is 0 Å². The highest BCUT2D eigenvalue weighted by molar-refractivity contribution is 5.86. The number of carbonyl (C=O) groups is 1. The first-order chi connectivity index (χ1) is 7.98. The van der Waals surface area contributed by atoms with Crippen LogP contribution in [-0.2, 0) is 4.79 Å². The van der Waals surface area contributed by atoms with Gasteiger partial charge in [-0.3, -0.25) is 4.79 Å². The summed E-state index contributed by atoms with van der Waals surface area (Å²) in [5.74, 6) is -2.00. The summed E-state index contributed by atoms with van der Waals surface area (Å²) in [4.78, 5) is 11.7. The van der Waals surface area contributed by atoms with Crippen LogP contribution >= 0.6 is 0 Å². The number of hydrogen-bond donors (Lipinski definition) is 0. The van der Waals surface area contributed by atoms with Crippen molar-refractivity contribution in [2.45, 2.75) is 31.4 Å². The Kier molecular flexibility index (Phi) is 3.22. The predicted molar refractivity (Wildman–Crippen MR) is 57.6 cm³/mol. The van der Waals surface area contributed by atoms with Crippen LogP contribution < -0.4 is 0 Å². The second kappa shape index (κ2) is 4.51. The molecule has 92 valence electrons. The van der Waals surface area contributed by atoms with Crippen LogP contribution in [0.4, 0.5) is 13.2 Å². The van der Waals surface area contributed by atoms with Crippen molar-refractivity contribution in [3.05, 3.63) is 35.9 Å². The Morgan fingerprint density at radius 1 is 1.12 bits per heavy atom. The van der Waals surface area contributed by atoms with Gasteiger partial charge in [-0.05, 0) is 18.4 Å². The molecule has 2 rings (SSSR count). The molecule has 2 atom stereocenters. The minimum Gasteiger partial charge on any atom is -0.299 e. The Morgan fingerprint density at radius 3 is 2.35 bits per heavy atom. The van der Waals surface area contributed by atoms with Crippen molar-refractivity contribution in [1.82, 2.24) is 0 Å². The molecule has 1 aliphatic rings. The lowest BCUT2D eigenvalue weighted by molar-refractivity contribution is -0.183. The fraction of sp³-hybridized carbons (Fsp3) is 0.462. The largest absolute Gasteiger partial charge is 0.391 e. The Balaban J connectivity index is 2.19. The quantitative estimate of drug-likeness (QED) is 0.733. The van der Waals surface area contributed by atoms with Crippen LogP contribution in [-0.4, -0.2) is 12.0 Å². The maximum atomic E-state index is 12.6. The average Bonchev–Trinajstić information content (AvgIpc) is 2.29. The van der Waals surface area contributed by atoms with Crippen molar-refractivity contribution in [2.24, 2.45) is 5.92 Å². The van der Waals surface area contributed by atoms with Crippen molar-refractivity contribution < 1.29 is 18.0 Å². The summed E-state index contributed by atoms with van der Waals surface area (Å²) in [6.07, 6.45) is -4.32. The number of hydrogen-bond acceptors (Lipinski definition) is 1. The van der Waals surface area contributed by atoms with E-state index in [0.29, 0.717) is 5.56 Å². The van der Waals surface area contributed by atoms with Crippen LogP contribution in [0.25, 0.3) is 0 Å². The third-order valence-corrected chi connectivity index (χ3v) is 3.31. The molecule has 2 unspecified atom stereocenters. The van der Waals surface area contributed by atoms with E-state index in [0.717, 1.165) is 0 Å². The van der Waals surface area contributed by atoms with E-state index in [1.807, 2.05) is 0 Å². The van der Waals surface area contributed by atoms with E-state index < -0.39 is 18.0 Å². The molecule has 1 saturated carbocycles. The third-order valence-electron chi connectivity index (χ3n) is 3.31. The number of alkyl halides is 3. The Morgan fingerprint density at radius 2 is 1.76 bits per heavy atom. The van der Waals surface area contributed by atoms with E-state index in [1.165, 1.54) is 0 Å². The third kappa shape index (κ3) is 2.68. The lowest BCUT2D eigenvalue weighted by Crippen LogP contribution is -2.32. The molecule has 0 aromatic heterocycles. The van der Waals surface area contributed by atoms with E-state index in [2.05, 4.69) is 0 Å². The minimum atomic E-state index is -4.19. The summed E-state index contributed by atoms with van der Waals surface area (Å²) in [7, 11) is 0. The second-order valence-corrected chi connectivity index (χ2v) is 4.44. The lowest BCUT2D eigenvalue weighted by atomic mass is 9.77. The van der Waals surface area contributed by atoms with Gasteiger partial charge in [0.2, 0.25) is 0 Å². The minimum absolute atomic E-state index is 0.0315. The predicted octanol–water partition coefficient (Wildman–Crippen LogP) is 3.70. The molecule has 1 aliphatic carbocycles. The summed E-state index contributed by atoms with van der Waals surface area (Å²) >= 11 is 0. The summed E-state index contributed by atoms with van der Waals surface area (Å²) in [5, 5.41) is 0. The normalized spacial score (nSPS) is 25.9. The fourth-order valence-corrected chi connectivity index (χ4v) is 2.33. The molecular weight excluding hydrogens is 229 g/mol. The van der Waals surface area contributed by atoms with E-state index in [9.17, 15) is 18.0 Å². The zero-order valence-electron chi connectivity index (χ0n) is 9.20. The monoisotopic (exact) mass is 242 g/mol. The van der Waals surface area contributed by atoms with Gasteiger partial charge in [-0.2, -0.15) is 13.2 Å². The van der Waals surface area contributed by atoms with E-state index in [4.69, 9.17) is 0 Å².